The number of nitrogens with zero attached hydrogens (tertiary/aromatic N) is 1. The summed E-state index contributed by atoms with van der Waals surface area (Å²) < 4.78 is 20.4. The van der Waals surface area contributed by atoms with Crippen LogP contribution in [0.4, 0.5) is 0 Å². The van der Waals surface area contributed by atoms with Gasteiger partial charge in [-0.15, -0.1) is 0 Å². The predicted molar refractivity (Wildman–Crippen MR) is 76.8 cm³/mol. The molecular weight excluding hydrogens is 371 g/mol. The van der Waals surface area contributed by atoms with Crippen molar-refractivity contribution >= 4 is 26.0 Å². The normalized spacial score (nSPS) is 27.3. The monoisotopic (exact) mass is 384 g/mol. The number of hydrogen-bond acceptors (Lipinski definition) is 8. The van der Waals surface area contributed by atoms with E-state index >= 15 is 0 Å². The molecule has 2 rings (SSSR count). The van der Waals surface area contributed by atoms with E-state index in [9.17, 15) is 24.4 Å². The van der Waals surface area contributed by atoms with Crippen LogP contribution in [-0.4, -0.2) is 65.5 Å². The quantitative estimate of drug-likeness (QED) is 0.251. The Morgan fingerprint density at radius 3 is 2.58 bits per heavy atom. The van der Waals surface area contributed by atoms with Crippen molar-refractivity contribution in [2.45, 2.75) is 24.5 Å². The third-order valence-corrected chi connectivity index (χ3v) is 3.90. The van der Waals surface area contributed by atoms with E-state index in [-0.39, 0.29) is 4.64 Å². The second-order valence-electron chi connectivity index (χ2n) is 4.83. The SMILES string of the molecule is O=C(O)c1cc(=S)[nH]c(=O)n1[C@@H]1O[C@H](COP(=O)(O)O)[C@@H](O)[C@H]1O. The summed E-state index contributed by atoms with van der Waals surface area (Å²) in [6.45, 7) is -0.793. The number of rotatable bonds is 5. The van der Waals surface area contributed by atoms with Gasteiger partial charge in [0.25, 0.3) is 0 Å². The highest BCUT2D eigenvalue weighted by molar-refractivity contribution is 7.71. The zero-order chi connectivity index (χ0) is 18.2. The van der Waals surface area contributed by atoms with Gasteiger partial charge in [0.05, 0.1) is 6.61 Å². The van der Waals surface area contributed by atoms with Crippen LogP contribution in [0.15, 0.2) is 10.9 Å². The number of aromatic carboxylic acids is 1. The van der Waals surface area contributed by atoms with E-state index in [1.807, 2.05) is 0 Å². The lowest BCUT2D eigenvalue weighted by Gasteiger charge is -2.19. The van der Waals surface area contributed by atoms with Crippen LogP contribution < -0.4 is 5.69 Å². The molecule has 134 valence electrons. The van der Waals surface area contributed by atoms with Crippen molar-refractivity contribution in [2.24, 2.45) is 0 Å². The smallest absolute Gasteiger partial charge is 0.469 e. The zero-order valence-corrected chi connectivity index (χ0v) is 13.4. The number of aromatic nitrogens is 2. The van der Waals surface area contributed by atoms with Gasteiger partial charge in [0.2, 0.25) is 0 Å². The van der Waals surface area contributed by atoms with Crippen LogP contribution >= 0.6 is 20.0 Å². The molecule has 1 aliphatic heterocycles. The van der Waals surface area contributed by atoms with Crippen LogP contribution in [-0.2, 0) is 13.8 Å². The fourth-order valence-corrected chi connectivity index (χ4v) is 2.71. The molecule has 1 fully saturated rings. The van der Waals surface area contributed by atoms with E-state index in [1.54, 1.807) is 0 Å². The highest BCUT2D eigenvalue weighted by Crippen LogP contribution is 2.38. The number of hydrogen-bond donors (Lipinski definition) is 6. The Kier molecular flexibility index (Phi) is 5.37. The summed E-state index contributed by atoms with van der Waals surface area (Å²) in [5.41, 5.74) is -1.61. The Balaban J connectivity index is 2.37. The molecule has 0 amide bonds. The van der Waals surface area contributed by atoms with Gasteiger partial charge in [0.15, 0.2) is 6.23 Å². The number of ether oxygens (including phenoxy) is 1. The van der Waals surface area contributed by atoms with Gasteiger partial charge in [-0.3, -0.25) is 14.1 Å². The zero-order valence-electron chi connectivity index (χ0n) is 11.7. The lowest BCUT2D eigenvalue weighted by atomic mass is 10.1. The lowest BCUT2D eigenvalue weighted by Crippen LogP contribution is -2.38. The average molecular weight is 384 g/mol. The minimum Gasteiger partial charge on any atom is -0.477 e. The van der Waals surface area contributed by atoms with Crippen LogP contribution in [0.3, 0.4) is 0 Å². The number of carboxylic acid groups (broad SMARTS) is 1. The van der Waals surface area contributed by atoms with Crippen molar-refractivity contribution in [3.8, 4) is 0 Å². The maximum absolute atomic E-state index is 12.0. The number of nitrogens with one attached hydrogen (secondary N) is 1. The third kappa shape index (κ3) is 3.96. The molecule has 1 aromatic heterocycles. The molecule has 0 saturated carbocycles. The highest BCUT2D eigenvalue weighted by Gasteiger charge is 2.46. The Morgan fingerprint density at radius 2 is 2.04 bits per heavy atom. The average Bonchev–Trinajstić information content (AvgIpc) is 2.71. The maximum atomic E-state index is 12.0. The minimum absolute atomic E-state index is 0.164. The molecule has 1 aromatic rings. The molecule has 0 aliphatic carbocycles. The molecule has 0 spiro atoms. The Labute approximate surface area is 138 Å². The van der Waals surface area contributed by atoms with E-state index in [2.05, 4.69) is 9.51 Å². The van der Waals surface area contributed by atoms with E-state index < -0.39 is 56.3 Å². The summed E-state index contributed by atoms with van der Waals surface area (Å²) in [5.74, 6) is -1.53. The van der Waals surface area contributed by atoms with Crippen molar-refractivity contribution in [2.75, 3.05) is 6.61 Å². The lowest BCUT2D eigenvalue weighted by molar-refractivity contribution is -0.0554. The Morgan fingerprint density at radius 1 is 1.42 bits per heavy atom. The fraction of sp³-hybridized carbons (Fsp3) is 0.500. The van der Waals surface area contributed by atoms with Crippen LogP contribution in [0.25, 0.3) is 0 Å². The van der Waals surface area contributed by atoms with E-state index in [0.29, 0.717) is 4.57 Å². The number of carboxylic acids is 1. The summed E-state index contributed by atoms with van der Waals surface area (Å²) in [4.78, 5) is 42.7. The van der Waals surface area contributed by atoms with Gasteiger partial charge in [-0.25, -0.2) is 14.2 Å². The number of phosphoric ester groups is 1. The molecular formula is C10H13N2O10PS. The summed E-state index contributed by atoms with van der Waals surface area (Å²) in [5, 5.41) is 29.0. The molecule has 4 atom stereocenters. The summed E-state index contributed by atoms with van der Waals surface area (Å²) in [6, 6.07) is 0.945. The van der Waals surface area contributed by atoms with Crippen LogP contribution in [0.5, 0.6) is 0 Å². The van der Waals surface area contributed by atoms with Crippen LogP contribution in [0.2, 0.25) is 0 Å². The number of aliphatic hydroxyl groups excluding tert-OH is 2. The molecule has 14 heteroatoms. The standard InChI is InChI=1S/C10H13N2O10PS/c13-6-4(2-21-23(18,19)20)22-8(7(6)14)12-3(9(15)16)1-5(24)11-10(12)17/h1,4,6-8,13-14H,2H2,(H,15,16)(H,11,17,24)(H2,18,19,20)/t4-,6-,7-,8-/m1/s1. The summed E-state index contributed by atoms with van der Waals surface area (Å²) >= 11 is 4.71. The van der Waals surface area contributed by atoms with Crippen molar-refractivity contribution in [1.82, 2.24) is 9.55 Å². The second kappa shape index (κ2) is 6.82. The first-order valence-electron chi connectivity index (χ1n) is 6.32. The molecule has 24 heavy (non-hydrogen) atoms. The molecule has 12 nitrogen and oxygen atoms in total. The minimum atomic E-state index is -4.85. The van der Waals surface area contributed by atoms with Crippen molar-refractivity contribution in [3.63, 3.8) is 0 Å². The molecule has 0 bridgehead atoms. The first-order chi connectivity index (χ1) is 11.0. The summed E-state index contributed by atoms with van der Waals surface area (Å²) in [7, 11) is -4.85. The van der Waals surface area contributed by atoms with Gasteiger partial charge >= 0.3 is 19.5 Å². The van der Waals surface area contributed by atoms with Crippen molar-refractivity contribution in [3.05, 3.63) is 26.9 Å². The van der Waals surface area contributed by atoms with Gasteiger partial charge in [-0.05, 0) is 0 Å². The molecule has 0 unspecified atom stereocenters. The van der Waals surface area contributed by atoms with Crippen molar-refractivity contribution < 1.29 is 43.7 Å². The first kappa shape index (κ1) is 18.9. The number of aliphatic hydroxyl groups is 2. The van der Waals surface area contributed by atoms with Gasteiger partial charge in [-0.2, -0.15) is 0 Å². The number of phosphoric acid groups is 1. The van der Waals surface area contributed by atoms with Crippen LogP contribution in [0, 0.1) is 4.64 Å². The molecule has 0 radical (unpaired) electrons. The molecule has 1 saturated heterocycles. The van der Waals surface area contributed by atoms with E-state index in [1.165, 1.54) is 0 Å². The summed E-state index contributed by atoms with van der Waals surface area (Å²) in [6.07, 6.45) is -6.47. The van der Waals surface area contributed by atoms with Gasteiger partial charge in [-0.1, -0.05) is 12.2 Å². The van der Waals surface area contributed by atoms with Crippen molar-refractivity contribution in [1.29, 1.82) is 0 Å². The van der Waals surface area contributed by atoms with Gasteiger partial charge in [0, 0.05) is 6.07 Å². The van der Waals surface area contributed by atoms with Gasteiger partial charge < -0.3 is 29.8 Å². The van der Waals surface area contributed by atoms with E-state index in [4.69, 9.17) is 31.8 Å². The van der Waals surface area contributed by atoms with Crippen LogP contribution in [0.1, 0.15) is 16.7 Å². The number of aromatic amines is 1. The Hall–Kier alpha value is -1.44. The first-order valence-corrected chi connectivity index (χ1v) is 8.26. The topological polar surface area (TPSA) is 192 Å². The van der Waals surface area contributed by atoms with E-state index in [0.717, 1.165) is 6.07 Å². The predicted octanol–water partition coefficient (Wildman–Crippen LogP) is -1.67. The maximum Gasteiger partial charge on any atom is 0.469 e. The molecule has 2 heterocycles. The second-order valence-corrected chi connectivity index (χ2v) is 6.51. The Bertz CT molecular complexity index is 800. The third-order valence-electron chi connectivity index (χ3n) is 3.19. The largest absolute Gasteiger partial charge is 0.477 e. The fourth-order valence-electron chi connectivity index (χ4n) is 2.17. The number of carbonyl (C=O) groups is 1. The van der Waals surface area contributed by atoms with Gasteiger partial charge in [0.1, 0.15) is 28.6 Å². The molecule has 0 aromatic carbocycles. The number of H-pyrrole nitrogens is 1. The molecule has 1 aliphatic rings. The molecule has 6 N–H and O–H groups in total. The highest BCUT2D eigenvalue weighted by atomic mass is 32.1.